The van der Waals surface area contributed by atoms with Gasteiger partial charge in [-0.1, -0.05) is 13.0 Å². The lowest BCUT2D eigenvalue weighted by Gasteiger charge is -2.15. The Balaban J connectivity index is 2.96. The molecule has 0 aromatic heterocycles. The highest BCUT2D eigenvalue weighted by Gasteiger charge is 2.15. The molecule has 0 heterocycles. The topological polar surface area (TPSA) is 78.6 Å². The lowest BCUT2D eigenvalue weighted by Crippen LogP contribution is -2.20. The molecule has 108 valence electrons. The van der Waals surface area contributed by atoms with Crippen molar-refractivity contribution in [3.8, 4) is 11.5 Å². The van der Waals surface area contributed by atoms with E-state index in [0.717, 1.165) is 12.0 Å². The highest BCUT2D eigenvalue weighted by molar-refractivity contribution is 7.90. The van der Waals surface area contributed by atoms with Crippen LogP contribution in [0.25, 0.3) is 0 Å². The van der Waals surface area contributed by atoms with E-state index in [4.69, 9.17) is 15.2 Å². The van der Waals surface area contributed by atoms with Gasteiger partial charge in [-0.15, -0.1) is 0 Å². The molecule has 0 aliphatic heterocycles. The van der Waals surface area contributed by atoms with E-state index < -0.39 is 15.9 Å². The number of nitrogens with two attached hydrogens (primary N) is 1. The molecule has 1 atom stereocenters. The van der Waals surface area contributed by atoms with Crippen molar-refractivity contribution in [2.75, 3.05) is 25.7 Å². The standard InChI is InChI=1S/C13H21NO4S/c1-4-7-18-13-8-10(5-6-12(13)17-2)11(14)9-19(3,15)16/h5-6,8,11H,4,7,9,14H2,1-3H3. The van der Waals surface area contributed by atoms with Crippen molar-refractivity contribution in [3.05, 3.63) is 23.8 Å². The second-order valence-electron chi connectivity index (χ2n) is 4.46. The van der Waals surface area contributed by atoms with Crippen LogP contribution in [0.4, 0.5) is 0 Å². The van der Waals surface area contributed by atoms with Gasteiger partial charge in [-0.05, 0) is 24.1 Å². The van der Waals surface area contributed by atoms with Crippen LogP contribution in [0.15, 0.2) is 18.2 Å². The van der Waals surface area contributed by atoms with E-state index >= 15 is 0 Å². The number of rotatable bonds is 7. The Morgan fingerprint density at radius 3 is 2.53 bits per heavy atom. The third-order valence-corrected chi connectivity index (χ3v) is 3.52. The molecular formula is C13H21NO4S. The van der Waals surface area contributed by atoms with E-state index in [1.165, 1.54) is 6.26 Å². The van der Waals surface area contributed by atoms with E-state index in [0.29, 0.717) is 18.1 Å². The Morgan fingerprint density at radius 1 is 1.32 bits per heavy atom. The number of methoxy groups -OCH3 is 1. The van der Waals surface area contributed by atoms with E-state index in [1.54, 1.807) is 25.3 Å². The van der Waals surface area contributed by atoms with Gasteiger partial charge >= 0.3 is 0 Å². The Kier molecular flexibility index (Phi) is 5.62. The molecule has 5 nitrogen and oxygen atoms in total. The highest BCUT2D eigenvalue weighted by Crippen LogP contribution is 2.30. The summed E-state index contributed by atoms with van der Waals surface area (Å²) in [5.74, 6) is 1.11. The van der Waals surface area contributed by atoms with Gasteiger partial charge in [0.25, 0.3) is 0 Å². The molecule has 1 aromatic rings. The molecule has 0 radical (unpaired) electrons. The molecule has 2 N–H and O–H groups in total. The Morgan fingerprint density at radius 2 is 2.00 bits per heavy atom. The lowest BCUT2D eigenvalue weighted by atomic mass is 10.1. The third kappa shape index (κ3) is 5.08. The molecule has 0 saturated heterocycles. The van der Waals surface area contributed by atoms with Crippen LogP contribution in [0.1, 0.15) is 24.9 Å². The summed E-state index contributed by atoms with van der Waals surface area (Å²) in [7, 11) is -1.55. The summed E-state index contributed by atoms with van der Waals surface area (Å²) >= 11 is 0. The summed E-state index contributed by atoms with van der Waals surface area (Å²) in [5, 5.41) is 0. The molecule has 0 bridgehead atoms. The Labute approximate surface area is 114 Å². The maximum Gasteiger partial charge on any atom is 0.161 e. The SMILES string of the molecule is CCCOc1cc(C(N)CS(C)(=O)=O)ccc1OC. The molecule has 0 aliphatic carbocycles. The summed E-state index contributed by atoms with van der Waals surface area (Å²) in [6.45, 7) is 2.58. The first-order chi connectivity index (χ1) is 8.87. The molecule has 1 aromatic carbocycles. The van der Waals surface area contributed by atoms with Crippen molar-refractivity contribution >= 4 is 9.84 Å². The van der Waals surface area contributed by atoms with Gasteiger partial charge in [0.1, 0.15) is 9.84 Å². The molecule has 0 aliphatic rings. The second kappa shape index (κ2) is 6.77. The number of sulfone groups is 1. The monoisotopic (exact) mass is 287 g/mol. The summed E-state index contributed by atoms with van der Waals surface area (Å²) in [5.41, 5.74) is 6.61. The van der Waals surface area contributed by atoms with E-state index in [-0.39, 0.29) is 5.75 Å². The predicted molar refractivity (Wildman–Crippen MR) is 75.4 cm³/mol. The first-order valence-corrected chi connectivity index (χ1v) is 8.17. The summed E-state index contributed by atoms with van der Waals surface area (Å²) in [4.78, 5) is 0. The molecule has 0 spiro atoms. The quantitative estimate of drug-likeness (QED) is 0.822. The largest absolute Gasteiger partial charge is 0.493 e. The second-order valence-corrected chi connectivity index (χ2v) is 6.64. The molecule has 6 heteroatoms. The summed E-state index contributed by atoms with van der Waals surface area (Å²) in [6, 6.07) is 4.67. The normalized spacial score (nSPS) is 13.1. The average Bonchev–Trinajstić information content (AvgIpc) is 2.33. The summed E-state index contributed by atoms with van der Waals surface area (Å²) in [6.07, 6.45) is 2.05. The van der Waals surface area contributed by atoms with Gasteiger partial charge in [0.05, 0.1) is 19.5 Å². The molecular weight excluding hydrogens is 266 g/mol. The number of benzene rings is 1. The molecule has 1 rings (SSSR count). The van der Waals surface area contributed by atoms with Gasteiger partial charge < -0.3 is 15.2 Å². The fourth-order valence-electron chi connectivity index (χ4n) is 1.67. The van der Waals surface area contributed by atoms with Gasteiger partial charge in [0, 0.05) is 12.3 Å². The van der Waals surface area contributed by atoms with E-state index in [2.05, 4.69) is 0 Å². The first kappa shape index (κ1) is 15.8. The van der Waals surface area contributed by atoms with Crippen molar-refractivity contribution in [1.82, 2.24) is 0 Å². The number of hydrogen-bond donors (Lipinski definition) is 1. The van der Waals surface area contributed by atoms with Gasteiger partial charge in [0.2, 0.25) is 0 Å². The first-order valence-electron chi connectivity index (χ1n) is 6.11. The van der Waals surface area contributed by atoms with Crippen LogP contribution in [0.3, 0.4) is 0 Å². The van der Waals surface area contributed by atoms with Gasteiger partial charge in [-0.3, -0.25) is 0 Å². The highest BCUT2D eigenvalue weighted by atomic mass is 32.2. The van der Waals surface area contributed by atoms with Crippen LogP contribution in [0.5, 0.6) is 11.5 Å². The van der Waals surface area contributed by atoms with Crippen molar-refractivity contribution in [2.24, 2.45) is 5.73 Å². The zero-order valence-corrected chi connectivity index (χ0v) is 12.4. The van der Waals surface area contributed by atoms with Gasteiger partial charge in [-0.25, -0.2) is 8.42 Å². The van der Waals surface area contributed by atoms with Crippen LogP contribution in [0.2, 0.25) is 0 Å². The number of ether oxygens (including phenoxy) is 2. The Bertz CT molecular complexity index is 513. The predicted octanol–water partition coefficient (Wildman–Crippen LogP) is 1.53. The van der Waals surface area contributed by atoms with Crippen LogP contribution >= 0.6 is 0 Å². The van der Waals surface area contributed by atoms with Crippen molar-refractivity contribution < 1.29 is 17.9 Å². The van der Waals surface area contributed by atoms with Crippen LogP contribution in [0, 0.1) is 0 Å². The minimum absolute atomic E-state index is 0.0907. The lowest BCUT2D eigenvalue weighted by molar-refractivity contribution is 0.294. The minimum Gasteiger partial charge on any atom is -0.493 e. The van der Waals surface area contributed by atoms with E-state index in [1.807, 2.05) is 6.92 Å². The number of hydrogen-bond acceptors (Lipinski definition) is 5. The van der Waals surface area contributed by atoms with E-state index in [9.17, 15) is 8.42 Å². The molecule has 0 fully saturated rings. The minimum atomic E-state index is -3.11. The average molecular weight is 287 g/mol. The van der Waals surface area contributed by atoms with Crippen molar-refractivity contribution in [2.45, 2.75) is 19.4 Å². The maximum atomic E-state index is 11.3. The molecule has 0 amide bonds. The molecule has 1 unspecified atom stereocenters. The third-order valence-electron chi connectivity index (χ3n) is 2.56. The zero-order chi connectivity index (χ0) is 14.5. The fraction of sp³-hybridized carbons (Fsp3) is 0.538. The van der Waals surface area contributed by atoms with Crippen molar-refractivity contribution in [3.63, 3.8) is 0 Å². The fourth-order valence-corrected chi connectivity index (χ4v) is 2.52. The maximum absolute atomic E-state index is 11.3. The Hall–Kier alpha value is -1.27. The van der Waals surface area contributed by atoms with Crippen molar-refractivity contribution in [1.29, 1.82) is 0 Å². The van der Waals surface area contributed by atoms with Gasteiger partial charge in [-0.2, -0.15) is 0 Å². The molecule has 0 saturated carbocycles. The molecule has 19 heavy (non-hydrogen) atoms. The van der Waals surface area contributed by atoms with Crippen LogP contribution in [-0.4, -0.2) is 34.1 Å². The van der Waals surface area contributed by atoms with Crippen LogP contribution in [-0.2, 0) is 9.84 Å². The van der Waals surface area contributed by atoms with Gasteiger partial charge in [0.15, 0.2) is 11.5 Å². The van der Waals surface area contributed by atoms with Crippen LogP contribution < -0.4 is 15.2 Å². The zero-order valence-electron chi connectivity index (χ0n) is 11.5. The summed E-state index contributed by atoms with van der Waals surface area (Å²) < 4.78 is 33.3. The smallest absolute Gasteiger partial charge is 0.161 e.